The molecular formula is C17H20N2O. The van der Waals surface area contributed by atoms with E-state index in [0.717, 1.165) is 19.4 Å². The van der Waals surface area contributed by atoms with Crippen molar-refractivity contribution in [2.75, 3.05) is 20.1 Å². The van der Waals surface area contributed by atoms with Crippen LogP contribution in [-0.4, -0.2) is 30.9 Å². The number of rotatable bonds is 3. The zero-order valence-electron chi connectivity index (χ0n) is 11.8. The second-order valence-electron chi connectivity index (χ2n) is 5.34. The van der Waals surface area contributed by atoms with Crippen molar-refractivity contribution in [1.29, 1.82) is 0 Å². The van der Waals surface area contributed by atoms with Gasteiger partial charge in [-0.1, -0.05) is 42.5 Å². The minimum atomic E-state index is 0.197. The van der Waals surface area contributed by atoms with Crippen LogP contribution in [0.25, 0.3) is 10.8 Å². The second-order valence-corrected chi connectivity index (χ2v) is 5.34. The predicted molar refractivity (Wildman–Crippen MR) is 81.6 cm³/mol. The molecule has 1 aliphatic rings. The molecule has 1 heterocycles. The topological polar surface area (TPSA) is 32.3 Å². The molecule has 1 saturated heterocycles. The number of carbonyl (C=O) groups is 1. The van der Waals surface area contributed by atoms with E-state index in [0.29, 0.717) is 6.54 Å². The lowest BCUT2D eigenvalue weighted by molar-refractivity contribution is -0.131. The summed E-state index contributed by atoms with van der Waals surface area (Å²) in [6.45, 7) is 1.29. The third-order valence-electron chi connectivity index (χ3n) is 4.08. The van der Waals surface area contributed by atoms with Gasteiger partial charge in [0.15, 0.2) is 0 Å². The van der Waals surface area contributed by atoms with Crippen LogP contribution in [0.2, 0.25) is 0 Å². The molecule has 0 spiro atoms. The van der Waals surface area contributed by atoms with Gasteiger partial charge in [0.1, 0.15) is 0 Å². The number of nitrogens with zero attached hydrogens (tertiary/aromatic N) is 1. The van der Waals surface area contributed by atoms with E-state index < -0.39 is 0 Å². The highest BCUT2D eigenvalue weighted by Gasteiger charge is 2.30. The minimum absolute atomic E-state index is 0.197. The Balaban J connectivity index is 1.99. The molecule has 104 valence electrons. The standard InChI is InChI=1S/C17H20N2O/c1-18-12-17(20)19-11-5-10-16(19)15-9-4-7-13-6-2-3-8-14(13)15/h2-4,6-9,16,18H,5,10-12H2,1H3. The predicted octanol–water partition coefficient (Wildman–Crippen LogP) is 2.72. The fourth-order valence-electron chi connectivity index (χ4n) is 3.18. The Kier molecular flexibility index (Phi) is 3.70. The van der Waals surface area contributed by atoms with Crippen molar-refractivity contribution in [2.45, 2.75) is 18.9 Å². The van der Waals surface area contributed by atoms with E-state index in [1.54, 1.807) is 0 Å². The first kappa shape index (κ1) is 13.1. The van der Waals surface area contributed by atoms with Crippen LogP contribution in [0.1, 0.15) is 24.4 Å². The molecule has 2 aromatic carbocycles. The molecule has 1 amide bonds. The van der Waals surface area contributed by atoms with Crippen molar-refractivity contribution in [3.05, 3.63) is 48.0 Å². The second kappa shape index (κ2) is 5.63. The van der Waals surface area contributed by atoms with Crippen LogP contribution in [-0.2, 0) is 4.79 Å². The molecule has 0 bridgehead atoms. The van der Waals surface area contributed by atoms with Crippen molar-refractivity contribution >= 4 is 16.7 Å². The van der Waals surface area contributed by atoms with Gasteiger partial charge >= 0.3 is 0 Å². The van der Waals surface area contributed by atoms with Crippen molar-refractivity contribution < 1.29 is 4.79 Å². The molecule has 0 saturated carbocycles. The largest absolute Gasteiger partial charge is 0.335 e. The monoisotopic (exact) mass is 268 g/mol. The number of hydrogen-bond donors (Lipinski definition) is 1. The maximum atomic E-state index is 12.2. The molecule has 1 N–H and O–H groups in total. The lowest BCUT2D eigenvalue weighted by Gasteiger charge is -2.26. The van der Waals surface area contributed by atoms with E-state index in [1.807, 2.05) is 11.9 Å². The number of nitrogens with one attached hydrogen (secondary N) is 1. The zero-order valence-corrected chi connectivity index (χ0v) is 11.8. The summed E-state index contributed by atoms with van der Waals surface area (Å²) in [5.41, 5.74) is 1.28. The Morgan fingerprint density at radius 2 is 2.05 bits per heavy atom. The first-order valence-electron chi connectivity index (χ1n) is 7.23. The third kappa shape index (κ3) is 2.29. The maximum absolute atomic E-state index is 12.2. The average molecular weight is 268 g/mol. The van der Waals surface area contributed by atoms with Gasteiger partial charge in [0.05, 0.1) is 12.6 Å². The summed E-state index contributed by atoms with van der Waals surface area (Å²) < 4.78 is 0. The Bertz CT molecular complexity index is 618. The van der Waals surface area contributed by atoms with Gasteiger partial charge in [0, 0.05) is 6.54 Å². The van der Waals surface area contributed by atoms with Gasteiger partial charge in [-0.3, -0.25) is 4.79 Å². The first-order chi connectivity index (χ1) is 9.81. The van der Waals surface area contributed by atoms with Gasteiger partial charge < -0.3 is 10.2 Å². The molecule has 0 aliphatic carbocycles. The number of benzene rings is 2. The molecule has 1 fully saturated rings. The summed E-state index contributed by atoms with van der Waals surface area (Å²) in [4.78, 5) is 14.3. The van der Waals surface area contributed by atoms with Crippen molar-refractivity contribution in [3.8, 4) is 0 Å². The van der Waals surface area contributed by atoms with E-state index in [4.69, 9.17) is 0 Å². The molecule has 3 heteroatoms. The van der Waals surface area contributed by atoms with Crippen LogP contribution < -0.4 is 5.32 Å². The highest BCUT2D eigenvalue weighted by molar-refractivity contribution is 5.87. The summed E-state index contributed by atoms with van der Waals surface area (Å²) in [6.07, 6.45) is 2.15. The van der Waals surface area contributed by atoms with Crippen LogP contribution in [0.4, 0.5) is 0 Å². The molecular weight excluding hydrogens is 248 g/mol. The Labute approximate surface area is 119 Å². The summed E-state index contributed by atoms with van der Waals surface area (Å²) in [5.74, 6) is 0.197. The van der Waals surface area contributed by atoms with Gasteiger partial charge in [0.25, 0.3) is 0 Å². The molecule has 1 unspecified atom stereocenters. The maximum Gasteiger partial charge on any atom is 0.237 e. The van der Waals surface area contributed by atoms with E-state index >= 15 is 0 Å². The number of carbonyl (C=O) groups excluding carboxylic acids is 1. The van der Waals surface area contributed by atoms with Crippen LogP contribution in [0.5, 0.6) is 0 Å². The van der Waals surface area contributed by atoms with Gasteiger partial charge in [-0.05, 0) is 36.2 Å². The number of hydrogen-bond acceptors (Lipinski definition) is 2. The molecule has 20 heavy (non-hydrogen) atoms. The summed E-state index contributed by atoms with van der Waals surface area (Å²) in [7, 11) is 1.82. The van der Waals surface area contributed by atoms with E-state index in [1.165, 1.54) is 16.3 Å². The van der Waals surface area contributed by atoms with Gasteiger partial charge in [0.2, 0.25) is 5.91 Å². The third-order valence-corrected chi connectivity index (χ3v) is 4.08. The first-order valence-corrected chi connectivity index (χ1v) is 7.23. The minimum Gasteiger partial charge on any atom is -0.335 e. The Morgan fingerprint density at radius 3 is 2.90 bits per heavy atom. The lowest BCUT2D eigenvalue weighted by atomic mass is 9.97. The number of amides is 1. The van der Waals surface area contributed by atoms with Gasteiger partial charge in [-0.25, -0.2) is 0 Å². The van der Waals surface area contributed by atoms with Crippen molar-refractivity contribution in [2.24, 2.45) is 0 Å². The molecule has 3 rings (SSSR count). The number of likely N-dealkylation sites (tertiary alicyclic amines) is 1. The average Bonchev–Trinajstić information content (AvgIpc) is 2.96. The van der Waals surface area contributed by atoms with Crippen molar-refractivity contribution in [3.63, 3.8) is 0 Å². The van der Waals surface area contributed by atoms with Crippen LogP contribution in [0.15, 0.2) is 42.5 Å². The van der Waals surface area contributed by atoms with E-state index in [9.17, 15) is 4.79 Å². The molecule has 1 atom stereocenters. The molecule has 2 aromatic rings. The van der Waals surface area contributed by atoms with Crippen LogP contribution in [0, 0.1) is 0 Å². The highest BCUT2D eigenvalue weighted by Crippen LogP contribution is 2.35. The van der Waals surface area contributed by atoms with E-state index in [-0.39, 0.29) is 11.9 Å². The smallest absolute Gasteiger partial charge is 0.237 e. The Morgan fingerprint density at radius 1 is 1.25 bits per heavy atom. The fraction of sp³-hybridized carbons (Fsp3) is 0.353. The zero-order chi connectivity index (χ0) is 13.9. The molecule has 0 radical (unpaired) electrons. The molecule has 3 nitrogen and oxygen atoms in total. The summed E-state index contributed by atoms with van der Waals surface area (Å²) in [6, 6.07) is 15.0. The molecule has 0 aromatic heterocycles. The highest BCUT2D eigenvalue weighted by atomic mass is 16.2. The summed E-state index contributed by atoms with van der Waals surface area (Å²) >= 11 is 0. The quantitative estimate of drug-likeness (QED) is 0.928. The molecule has 1 aliphatic heterocycles. The van der Waals surface area contributed by atoms with Crippen LogP contribution in [0.3, 0.4) is 0 Å². The van der Waals surface area contributed by atoms with E-state index in [2.05, 4.69) is 47.8 Å². The lowest BCUT2D eigenvalue weighted by Crippen LogP contribution is -2.36. The SMILES string of the molecule is CNCC(=O)N1CCCC1c1cccc2ccccc12. The van der Waals surface area contributed by atoms with Gasteiger partial charge in [-0.2, -0.15) is 0 Å². The Hall–Kier alpha value is -1.87. The summed E-state index contributed by atoms with van der Waals surface area (Å²) in [5, 5.41) is 5.48. The number of fused-ring (bicyclic) bond motifs is 1. The normalized spacial score (nSPS) is 18.6. The van der Waals surface area contributed by atoms with Crippen LogP contribution >= 0.6 is 0 Å². The van der Waals surface area contributed by atoms with Gasteiger partial charge in [-0.15, -0.1) is 0 Å². The van der Waals surface area contributed by atoms with Crippen molar-refractivity contribution in [1.82, 2.24) is 10.2 Å². The fourth-order valence-corrected chi connectivity index (χ4v) is 3.18. The number of likely N-dealkylation sites (N-methyl/N-ethyl adjacent to an activating group) is 1.